The Kier molecular flexibility index (Phi) is 4.75. The van der Waals surface area contributed by atoms with Crippen LogP contribution >= 0.6 is 22.9 Å². The van der Waals surface area contributed by atoms with Crippen molar-refractivity contribution in [3.05, 3.63) is 86.7 Å². The predicted octanol–water partition coefficient (Wildman–Crippen LogP) is 4.93. The maximum absolute atomic E-state index is 12.3. The summed E-state index contributed by atoms with van der Waals surface area (Å²) in [5.41, 5.74) is 1.55. The third-order valence-electron chi connectivity index (χ3n) is 3.81. The molecule has 0 unspecified atom stereocenters. The second-order valence-corrected chi connectivity index (χ2v) is 7.00. The monoisotopic (exact) mass is 397 g/mol. The number of hydrogen-bond acceptors (Lipinski definition) is 6. The lowest BCUT2D eigenvalue weighted by Gasteiger charge is -2.04. The highest BCUT2D eigenvalue weighted by Crippen LogP contribution is 2.24. The van der Waals surface area contributed by atoms with Crippen LogP contribution in [0.4, 0.5) is 0 Å². The summed E-state index contributed by atoms with van der Waals surface area (Å²) < 4.78 is 10.7. The number of benzene rings is 2. The molecule has 0 atom stereocenters. The normalized spacial score (nSPS) is 10.9. The Morgan fingerprint density at radius 2 is 1.96 bits per heavy atom. The van der Waals surface area contributed by atoms with E-state index in [0.717, 1.165) is 16.6 Å². The van der Waals surface area contributed by atoms with Gasteiger partial charge >= 0.3 is 5.97 Å². The van der Waals surface area contributed by atoms with Gasteiger partial charge in [-0.25, -0.2) is 9.78 Å². The summed E-state index contributed by atoms with van der Waals surface area (Å²) in [5, 5.41) is 3.40. The molecule has 0 aliphatic rings. The zero-order valence-electron chi connectivity index (χ0n) is 13.8. The van der Waals surface area contributed by atoms with E-state index < -0.39 is 5.97 Å². The number of ether oxygens (including phenoxy) is 1. The molecule has 134 valence electrons. The van der Waals surface area contributed by atoms with Crippen LogP contribution in [0.5, 0.6) is 0 Å². The van der Waals surface area contributed by atoms with E-state index >= 15 is 0 Å². The zero-order valence-corrected chi connectivity index (χ0v) is 15.4. The van der Waals surface area contributed by atoms with Gasteiger partial charge in [-0.3, -0.25) is 4.79 Å². The smallest absolute Gasteiger partial charge is 0.374 e. The Hall–Kier alpha value is -2.96. The van der Waals surface area contributed by atoms with Crippen LogP contribution < -0.4 is 5.43 Å². The van der Waals surface area contributed by atoms with Crippen LogP contribution in [-0.4, -0.2) is 11.0 Å². The Morgan fingerprint density at radius 1 is 1.15 bits per heavy atom. The number of nitrogens with zero attached hydrogens (tertiary/aromatic N) is 1. The number of carbonyl (C=O) groups is 1. The van der Waals surface area contributed by atoms with E-state index in [1.807, 2.05) is 35.7 Å². The van der Waals surface area contributed by atoms with Gasteiger partial charge in [0.1, 0.15) is 17.2 Å². The lowest BCUT2D eigenvalue weighted by Crippen LogP contribution is -2.10. The van der Waals surface area contributed by atoms with Crippen molar-refractivity contribution in [1.82, 2.24) is 4.98 Å². The van der Waals surface area contributed by atoms with Crippen LogP contribution in [-0.2, 0) is 11.3 Å². The van der Waals surface area contributed by atoms with E-state index in [9.17, 15) is 9.59 Å². The summed E-state index contributed by atoms with van der Waals surface area (Å²) in [7, 11) is 0. The summed E-state index contributed by atoms with van der Waals surface area (Å²) in [4.78, 5) is 28.9. The summed E-state index contributed by atoms with van der Waals surface area (Å²) in [6.45, 7) is -0.00939. The molecule has 7 heteroatoms. The third-order valence-corrected chi connectivity index (χ3v) is 4.99. The van der Waals surface area contributed by atoms with Gasteiger partial charge < -0.3 is 9.15 Å². The molecule has 2 heterocycles. The van der Waals surface area contributed by atoms with Crippen molar-refractivity contribution >= 4 is 39.9 Å². The standard InChI is InChI=1S/C20H12ClNO4S/c21-13-6-7-17-15(8-13)16(23)9-18(26-17)20(24)25-10-14-11-27-19(22-14)12-4-2-1-3-5-12/h1-9,11H,10H2. The van der Waals surface area contributed by atoms with Crippen molar-refractivity contribution in [2.24, 2.45) is 0 Å². The van der Waals surface area contributed by atoms with Gasteiger partial charge in [0.05, 0.1) is 11.1 Å². The van der Waals surface area contributed by atoms with Crippen LogP contribution in [0.15, 0.2) is 69.2 Å². The summed E-state index contributed by atoms with van der Waals surface area (Å²) in [5.74, 6) is -0.883. The van der Waals surface area contributed by atoms with Crippen molar-refractivity contribution in [2.75, 3.05) is 0 Å². The number of rotatable bonds is 4. The Labute approximate surface area is 162 Å². The number of esters is 1. The fourth-order valence-electron chi connectivity index (χ4n) is 2.53. The molecule has 0 spiro atoms. The number of thiazole rings is 1. The minimum absolute atomic E-state index is 0.00939. The molecular weight excluding hydrogens is 386 g/mol. The molecule has 0 radical (unpaired) electrons. The van der Waals surface area contributed by atoms with Crippen LogP contribution in [0, 0.1) is 0 Å². The molecule has 5 nitrogen and oxygen atoms in total. The Bertz CT molecular complexity index is 1180. The number of fused-ring (bicyclic) bond motifs is 1. The molecule has 27 heavy (non-hydrogen) atoms. The lowest BCUT2D eigenvalue weighted by molar-refractivity contribution is 0.0432. The zero-order chi connectivity index (χ0) is 18.8. The number of halogens is 1. The summed E-state index contributed by atoms with van der Waals surface area (Å²) in [6, 6.07) is 15.5. The molecule has 4 aromatic rings. The maximum atomic E-state index is 12.3. The second-order valence-electron chi connectivity index (χ2n) is 5.70. The molecule has 4 rings (SSSR count). The molecule has 0 N–H and O–H groups in total. The van der Waals surface area contributed by atoms with E-state index in [1.54, 1.807) is 12.1 Å². The average Bonchev–Trinajstić information content (AvgIpc) is 3.16. The third kappa shape index (κ3) is 3.77. The van der Waals surface area contributed by atoms with E-state index in [2.05, 4.69) is 4.98 Å². The van der Waals surface area contributed by atoms with Gasteiger partial charge in [0.2, 0.25) is 5.76 Å². The molecular formula is C20H12ClNO4S. The highest BCUT2D eigenvalue weighted by atomic mass is 35.5. The number of carbonyl (C=O) groups excluding carboxylic acids is 1. The van der Waals surface area contributed by atoms with E-state index in [4.69, 9.17) is 20.8 Å². The first-order valence-corrected chi connectivity index (χ1v) is 9.26. The lowest BCUT2D eigenvalue weighted by atomic mass is 10.2. The van der Waals surface area contributed by atoms with Crippen molar-refractivity contribution in [3.8, 4) is 10.6 Å². The quantitative estimate of drug-likeness (QED) is 0.457. The van der Waals surface area contributed by atoms with Crippen molar-refractivity contribution in [3.63, 3.8) is 0 Å². The van der Waals surface area contributed by atoms with E-state index in [-0.39, 0.29) is 23.4 Å². The van der Waals surface area contributed by atoms with Gasteiger partial charge in [0.25, 0.3) is 0 Å². The first-order chi connectivity index (χ1) is 13.1. The molecule has 0 aliphatic heterocycles. The van der Waals surface area contributed by atoms with Crippen molar-refractivity contribution in [1.29, 1.82) is 0 Å². The minimum atomic E-state index is -0.724. The van der Waals surface area contributed by atoms with Crippen molar-refractivity contribution in [2.45, 2.75) is 6.61 Å². The molecule has 2 aromatic heterocycles. The first-order valence-electron chi connectivity index (χ1n) is 8.00. The van der Waals surface area contributed by atoms with Gasteiger partial charge in [-0.1, -0.05) is 41.9 Å². The Balaban J connectivity index is 1.50. The van der Waals surface area contributed by atoms with Gasteiger partial charge in [-0.15, -0.1) is 11.3 Å². The molecule has 0 saturated heterocycles. The molecule has 0 fully saturated rings. The van der Waals surface area contributed by atoms with Gasteiger partial charge in [0, 0.05) is 22.0 Å². The fraction of sp³-hybridized carbons (Fsp3) is 0.0500. The second kappa shape index (κ2) is 7.34. The van der Waals surface area contributed by atoms with Gasteiger partial charge in [-0.05, 0) is 18.2 Å². The molecule has 0 bridgehead atoms. The molecule has 0 aliphatic carbocycles. The predicted molar refractivity (Wildman–Crippen MR) is 104 cm³/mol. The highest BCUT2D eigenvalue weighted by Gasteiger charge is 2.15. The first kappa shape index (κ1) is 17.5. The number of hydrogen-bond donors (Lipinski definition) is 0. The van der Waals surface area contributed by atoms with Crippen LogP contribution in [0.25, 0.3) is 21.5 Å². The SMILES string of the molecule is O=C(OCc1csc(-c2ccccc2)n1)c1cc(=O)c2cc(Cl)ccc2o1. The number of aromatic nitrogens is 1. The van der Waals surface area contributed by atoms with Crippen molar-refractivity contribution < 1.29 is 13.9 Å². The summed E-state index contributed by atoms with van der Waals surface area (Å²) >= 11 is 7.35. The van der Waals surface area contributed by atoms with Crippen LogP contribution in [0.1, 0.15) is 16.2 Å². The molecule has 0 saturated carbocycles. The van der Waals surface area contributed by atoms with Crippen LogP contribution in [0.3, 0.4) is 0 Å². The summed E-state index contributed by atoms with van der Waals surface area (Å²) in [6.07, 6.45) is 0. The van der Waals surface area contributed by atoms with Gasteiger partial charge in [0.15, 0.2) is 5.43 Å². The minimum Gasteiger partial charge on any atom is -0.453 e. The maximum Gasteiger partial charge on any atom is 0.374 e. The molecule has 2 aromatic carbocycles. The molecule has 0 amide bonds. The van der Waals surface area contributed by atoms with Gasteiger partial charge in [-0.2, -0.15) is 0 Å². The van der Waals surface area contributed by atoms with Crippen LogP contribution in [0.2, 0.25) is 5.02 Å². The topological polar surface area (TPSA) is 69.4 Å². The average molecular weight is 398 g/mol. The highest BCUT2D eigenvalue weighted by molar-refractivity contribution is 7.13. The van der Waals surface area contributed by atoms with E-state index in [1.165, 1.54) is 17.4 Å². The Morgan fingerprint density at radius 3 is 2.78 bits per heavy atom. The fourth-order valence-corrected chi connectivity index (χ4v) is 3.51. The largest absolute Gasteiger partial charge is 0.453 e. The van der Waals surface area contributed by atoms with E-state index in [0.29, 0.717) is 16.1 Å².